The number of carboxylic acids is 1. The number of rotatable bonds is 34. The van der Waals surface area contributed by atoms with E-state index in [1.807, 2.05) is 0 Å². The van der Waals surface area contributed by atoms with Gasteiger partial charge < -0.3 is 57.7 Å². The highest BCUT2D eigenvalue weighted by Crippen LogP contribution is 2.33. The Balaban J connectivity index is 2.90. The van der Waals surface area contributed by atoms with Gasteiger partial charge in [0.05, 0.1) is 24.8 Å². The minimum Gasteiger partial charge on any atom is -0.479 e. The van der Waals surface area contributed by atoms with Crippen molar-refractivity contribution in [2.45, 2.75) is 223 Å². The van der Waals surface area contributed by atoms with Crippen molar-refractivity contribution in [2.24, 2.45) is 17.2 Å². The number of ether oxygens (including phenoxy) is 2. The lowest BCUT2D eigenvalue weighted by Gasteiger charge is -2.44. The first kappa shape index (κ1) is 55.8. The molecule has 0 saturated carbocycles. The van der Waals surface area contributed by atoms with Gasteiger partial charge in [0.25, 0.3) is 0 Å². The van der Waals surface area contributed by atoms with E-state index in [-0.39, 0.29) is 31.7 Å². The number of hydrogen-bond donors (Lipinski definition) is 9. The highest BCUT2D eigenvalue weighted by molar-refractivity contribution is 6.00. The number of imide groups is 1. The van der Waals surface area contributed by atoms with Crippen molar-refractivity contribution >= 4 is 35.5 Å². The Bertz CT molecular complexity index is 1320. The number of carbonyl (C=O) groups is 6. The molecule has 1 unspecified atom stereocenters. The molecular weight excluding hydrogens is 793 g/mol. The number of nitrogens with two attached hydrogens (primary N) is 3. The molecule has 18 heteroatoms. The van der Waals surface area contributed by atoms with Gasteiger partial charge in [-0.2, -0.15) is 0 Å². The molecule has 12 N–H and O–H groups in total. The first-order valence-corrected chi connectivity index (χ1v) is 22.7. The van der Waals surface area contributed by atoms with Crippen LogP contribution >= 0.6 is 0 Å². The molecule has 1 aliphatic heterocycles. The van der Waals surface area contributed by atoms with Crippen LogP contribution in [0.15, 0.2) is 0 Å². The van der Waals surface area contributed by atoms with Crippen molar-refractivity contribution in [3.8, 4) is 0 Å². The fourth-order valence-electron chi connectivity index (χ4n) is 7.86. The van der Waals surface area contributed by atoms with Crippen molar-refractivity contribution in [1.82, 2.24) is 15.5 Å². The molecule has 0 aromatic carbocycles. The first-order valence-electron chi connectivity index (χ1n) is 22.7. The van der Waals surface area contributed by atoms with Crippen molar-refractivity contribution in [2.75, 3.05) is 13.2 Å². The molecule has 1 aliphatic rings. The van der Waals surface area contributed by atoms with Crippen LogP contribution in [-0.4, -0.2) is 128 Å². The number of carboxylic acid groups (broad SMARTS) is 1. The molecule has 0 aliphatic carbocycles. The van der Waals surface area contributed by atoms with Gasteiger partial charge in [0.2, 0.25) is 29.5 Å². The second-order valence-electron chi connectivity index (χ2n) is 16.8. The molecule has 9 atom stereocenters. The maximum atomic E-state index is 13.9. The largest absolute Gasteiger partial charge is 0.479 e. The van der Waals surface area contributed by atoms with Gasteiger partial charge in [0.1, 0.15) is 29.9 Å². The molecular formula is C43H80N6O12. The van der Waals surface area contributed by atoms with Gasteiger partial charge in [-0.15, -0.1) is 0 Å². The second kappa shape index (κ2) is 30.7. The third-order valence-electron chi connectivity index (χ3n) is 11.4. The van der Waals surface area contributed by atoms with E-state index in [0.29, 0.717) is 17.7 Å². The van der Waals surface area contributed by atoms with Gasteiger partial charge >= 0.3 is 5.97 Å². The number of nitrogens with one attached hydrogen (secondary N) is 2. The zero-order chi connectivity index (χ0) is 46.0. The van der Waals surface area contributed by atoms with Gasteiger partial charge in [0.15, 0.2) is 6.29 Å². The average molecular weight is 873 g/mol. The van der Waals surface area contributed by atoms with Gasteiger partial charge in [0, 0.05) is 32.7 Å². The molecule has 0 bridgehead atoms. The number of aliphatic hydroxyl groups excluding tert-OH is 3. The van der Waals surface area contributed by atoms with Crippen LogP contribution in [0.2, 0.25) is 0 Å². The maximum absolute atomic E-state index is 13.9. The molecule has 0 aromatic heterocycles. The average Bonchev–Trinajstić information content (AvgIpc) is 3.20. The fourth-order valence-corrected chi connectivity index (χ4v) is 7.86. The molecule has 1 fully saturated rings. The van der Waals surface area contributed by atoms with E-state index in [9.17, 15) is 49.2 Å². The number of aliphatic carboxylic acids is 1. The number of nitrogens with zero attached hydrogens (tertiary/aromatic N) is 1. The highest BCUT2D eigenvalue weighted by Gasteiger charge is 2.51. The zero-order valence-corrected chi connectivity index (χ0v) is 37.3. The summed E-state index contributed by atoms with van der Waals surface area (Å²) >= 11 is 0. The van der Waals surface area contributed by atoms with Gasteiger partial charge in [-0.25, -0.2) is 4.79 Å². The molecule has 1 rings (SSSR count). The molecule has 18 nitrogen and oxygen atoms in total. The second-order valence-corrected chi connectivity index (χ2v) is 16.8. The molecule has 0 radical (unpaired) electrons. The molecule has 1 saturated heterocycles. The number of carbonyl (C=O) groups excluding carboxylic acids is 5. The summed E-state index contributed by atoms with van der Waals surface area (Å²) in [5, 5.41) is 46.8. The lowest BCUT2D eigenvalue weighted by atomic mass is 9.83. The van der Waals surface area contributed by atoms with E-state index < -0.39 is 103 Å². The van der Waals surface area contributed by atoms with Crippen molar-refractivity contribution in [1.29, 1.82) is 0 Å². The third-order valence-corrected chi connectivity index (χ3v) is 11.4. The van der Waals surface area contributed by atoms with Crippen LogP contribution in [0.4, 0.5) is 0 Å². The highest BCUT2D eigenvalue weighted by atomic mass is 16.6. The van der Waals surface area contributed by atoms with E-state index >= 15 is 0 Å². The summed E-state index contributed by atoms with van der Waals surface area (Å²) in [7, 11) is 0. The van der Waals surface area contributed by atoms with Crippen LogP contribution < -0.4 is 27.8 Å². The van der Waals surface area contributed by atoms with Crippen LogP contribution in [-0.2, 0) is 38.2 Å². The van der Waals surface area contributed by atoms with Gasteiger partial charge in [-0.1, -0.05) is 96.8 Å². The van der Waals surface area contributed by atoms with E-state index in [1.165, 1.54) is 84.5 Å². The maximum Gasteiger partial charge on any atom is 0.330 e. The fraction of sp³-hybridized carbons (Fsp3) is 0.860. The van der Waals surface area contributed by atoms with Crippen LogP contribution in [0, 0.1) is 0 Å². The normalized spacial score (nSPS) is 21.4. The zero-order valence-electron chi connectivity index (χ0n) is 37.3. The monoisotopic (exact) mass is 873 g/mol. The van der Waals surface area contributed by atoms with Gasteiger partial charge in [-0.3, -0.25) is 28.9 Å². The van der Waals surface area contributed by atoms with Crippen LogP contribution in [0.5, 0.6) is 0 Å². The Morgan fingerprint density at radius 1 is 0.836 bits per heavy atom. The van der Waals surface area contributed by atoms with Crippen molar-refractivity contribution in [3.05, 3.63) is 0 Å². The first-order chi connectivity index (χ1) is 28.9. The molecule has 5 amide bonds. The summed E-state index contributed by atoms with van der Waals surface area (Å²) in [6, 6.07) is -3.65. The Labute approximate surface area is 362 Å². The van der Waals surface area contributed by atoms with E-state index in [1.54, 1.807) is 0 Å². The summed E-state index contributed by atoms with van der Waals surface area (Å²) in [4.78, 5) is 78.0. The van der Waals surface area contributed by atoms with E-state index in [4.69, 9.17) is 26.7 Å². The third kappa shape index (κ3) is 20.6. The smallest absolute Gasteiger partial charge is 0.330 e. The molecule has 61 heavy (non-hydrogen) atoms. The quantitative estimate of drug-likeness (QED) is 0.0420. The van der Waals surface area contributed by atoms with Crippen LogP contribution in [0.1, 0.15) is 169 Å². The lowest BCUT2D eigenvalue weighted by molar-refractivity contribution is -0.264. The lowest BCUT2D eigenvalue weighted by Crippen LogP contribution is -2.64. The minimum absolute atomic E-state index is 0.128. The van der Waals surface area contributed by atoms with E-state index in [2.05, 4.69) is 17.6 Å². The topological polar surface area (TPSA) is 307 Å². The standard InChI is InChI=1S/C43H80N6O12/c1-5-6-7-8-9-10-11-12-13-14-15-16-17-18-19-22-34(52)47-26-21-20-25-43(42(58)59,27-29(2)60-38-36(45)41(57)61-33(28-50)37(38)54)49(31(4)51)35(53)24-23-32(39(46)55)48-40(56)30(3)44/h29-30,32-33,36-38,41,50,54,57H,5-28,44-45H2,1-4H3,(H2,46,55)(H,47,52)(H,48,56)(H,58,59)/t29?,30-,32+,33+,36+,37+,38+,41-,43+/m0/s1. The molecule has 354 valence electrons. The number of unbranched alkanes of at least 4 members (excludes halogenated alkanes) is 15. The summed E-state index contributed by atoms with van der Waals surface area (Å²) in [5.74, 6) is -5.26. The Hall–Kier alpha value is -3.26. The number of hydrogen-bond acceptors (Lipinski definition) is 13. The molecule has 0 aromatic rings. The van der Waals surface area contributed by atoms with E-state index in [0.717, 1.165) is 32.6 Å². The SMILES string of the molecule is CCCCCCCCCCCCCCCCCC(=O)NCCCC[C@@](CC(C)O[C@@H]1[C@@H](N)[C@@H](O)O[C@H](CO)[C@H]1O)(C(=O)O)N(C(C)=O)C(=O)CC[C@@H](NC(=O)[C@H](C)N)C(N)=O. The van der Waals surface area contributed by atoms with Crippen LogP contribution in [0.25, 0.3) is 0 Å². The minimum atomic E-state index is -2.24. The summed E-state index contributed by atoms with van der Waals surface area (Å²) in [5.41, 5.74) is 14.8. The predicted molar refractivity (Wildman–Crippen MR) is 229 cm³/mol. The van der Waals surface area contributed by atoms with Gasteiger partial charge in [-0.05, 0) is 46.0 Å². The molecule has 0 spiro atoms. The molecule has 1 heterocycles. The summed E-state index contributed by atoms with van der Waals surface area (Å²) < 4.78 is 11.1. The number of primary amides is 1. The Kier molecular flexibility index (Phi) is 28.1. The van der Waals surface area contributed by atoms with Crippen molar-refractivity contribution in [3.63, 3.8) is 0 Å². The Morgan fingerprint density at radius 2 is 1.38 bits per heavy atom. The number of amides is 5. The summed E-state index contributed by atoms with van der Waals surface area (Å²) in [6.07, 6.45) is 10.5. The van der Waals surface area contributed by atoms with Crippen molar-refractivity contribution < 1.29 is 58.7 Å². The number of aliphatic hydroxyl groups is 3. The summed E-state index contributed by atoms with van der Waals surface area (Å²) in [6.45, 7) is 5.61. The predicted octanol–water partition coefficient (Wildman–Crippen LogP) is 2.39. The van der Waals surface area contributed by atoms with Crippen LogP contribution in [0.3, 0.4) is 0 Å². The Morgan fingerprint density at radius 3 is 1.85 bits per heavy atom.